The van der Waals surface area contributed by atoms with Gasteiger partial charge in [-0.3, -0.25) is 0 Å². The maximum Gasteiger partial charge on any atom is 0.0701 e. The third-order valence-electron chi connectivity index (χ3n) is 3.94. The van der Waals surface area contributed by atoms with Crippen LogP contribution in [0, 0.1) is 0 Å². The van der Waals surface area contributed by atoms with Gasteiger partial charge in [0, 0.05) is 13.1 Å². The molecule has 1 heterocycles. The molecule has 0 radical (unpaired) electrons. The summed E-state index contributed by atoms with van der Waals surface area (Å²) in [5.74, 6) is 0. The Labute approximate surface area is 134 Å². The average Bonchev–Trinajstić information content (AvgIpc) is 2.55. The van der Waals surface area contributed by atoms with E-state index in [4.69, 9.17) is 9.47 Å². The van der Waals surface area contributed by atoms with Crippen molar-refractivity contribution in [3.05, 3.63) is 35.4 Å². The van der Waals surface area contributed by atoms with Gasteiger partial charge in [0.1, 0.15) is 0 Å². The van der Waals surface area contributed by atoms with Crippen LogP contribution in [0.1, 0.15) is 24.0 Å². The molecule has 0 aliphatic carbocycles. The van der Waals surface area contributed by atoms with Crippen LogP contribution in [-0.4, -0.2) is 52.6 Å². The van der Waals surface area contributed by atoms with Crippen LogP contribution >= 0.6 is 0 Å². The molecule has 1 aromatic rings. The number of rotatable bonds is 0. The highest BCUT2D eigenvalue weighted by atomic mass is 16.5. The van der Waals surface area contributed by atoms with Crippen molar-refractivity contribution in [3.8, 4) is 0 Å². The number of hydrogen-bond acceptors (Lipinski definition) is 4. The summed E-state index contributed by atoms with van der Waals surface area (Å²) in [6.45, 7) is 6.85. The third kappa shape index (κ3) is 7.36. The Kier molecular flexibility index (Phi) is 9.19. The molecule has 2 rings (SSSR count). The number of nitrogens with one attached hydrogen (secondary N) is 2. The topological polar surface area (TPSA) is 42.5 Å². The fourth-order valence-corrected chi connectivity index (χ4v) is 2.71. The standard InChI is InChI=1S/C18H30N2O2/c1-2-6-18-8-4-10-20-12-14-22-16-15-21-13-11-19-9-3-7-17(18)5-1/h1-2,5-6,19-20H,3-4,7-16H2. The summed E-state index contributed by atoms with van der Waals surface area (Å²) >= 11 is 0. The summed E-state index contributed by atoms with van der Waals surface area (Å²) in [6, 6.07) is 8.86. The van der Waals surface area contributed by atoms with Crippen LogP contribution in [0.2, 0.25) is 0 Å². The van der Waals surface area contributed by atoms with Gasteiger partial charge in [0.05, 0.1) is 26.4 Å². The third-order valence-corrected chi connectivity index (χ3v) is 3.94. The summed E-state index contributed by atoms with van der Waals surface area (Å²) in [4.78, 5) is 0. The second-order valence-electron chi connectivity index (χ2n) is 5.70. The van der Waals surface area contributed by atoms with E-state index in [9.17, 15) is 0 Å². The summed E-state index contributed by atoms with van der Waals surface area (Å²) in [6.07, 6.45) is 4.67. The van der Waals surface area contributed by atoms with E-state index in [2.05, 4.69) is 34.9 Å². The van der Waals surface area contributed by atoms with Crippen LogP contribution < -0.4 is 10.6 Å². The Hall–Kier alpha value is -0.940. The van der Waals surface area contributed by atoms with E-state index in [1.807, 2.05) is 0 Å². The van der Waals surface area contributed by atoms with Gasteiger partial charge < -0.3 is 20.1 Å². The Morgan fingerprint density at radius 2 is 1.14 bits per heavy atom. The van der Waals surface area contributed by atoms with E-state index < -0.39 is 0 Å². The van der Waals surface area contributed by atoms with Crippen molar-refractivity contribution < 1.29 is 9.47 Å². The highest BCUT2D eigenvalue weighted by Crippen LogP contribution is 2.13. The molecule has 2 N–H and O–H groups in total. The zero-order valence-electron chi connectivity index (χ0n) is 13.6. The molecule has 1 aliphatic heterocycles. The van der Waals surface area contributed by atoms with Gasteiger partial charge >= 0.3 is 0 Å². The zero-order chi connectivity index (χ0) is 15.3. The first-order valence-corrected chi connectivity index (χ1v) is 8.60. The molecular weight excluding hydrogens is 276 g/mol. The second-order valence-corrected chi connectivity index (χ2v) is 5.70. The molecule has 0 aromatic heterocycles. The number of ether oxygens (including phenoxy) is 2. The minimum Gasteiger partial charge on any atom is -0.378 e. The van der Waals surface area contributed by atoms with Crippen molar-refractivity contribution in [2.24, 2.45) is 0 Å². The molecule has 1 aromatic carbocycles. The zero-order valence-corrected chi connectivity index (χ0v) is 13.6. The van der Waals surface area contributed by atoms with E-state index in [-0.39, 0.29) is 0 Å². The summed E-state index contributed by atoms with van der Waals surface area (Å²) < 4.78 is 11.1. The number of hydrogen-bond donors (Lipinski definition) is 2. The molecule has 4 heteroatoms. The van der Waals surface area contributed by atoms with Crippen molar-refractivity contribution in [2.45, 2.75) is 25.7 Å². The van der Waals surface area contributed by atoms with Gasteiger partial charge in [0.15, 0.2) is 0 Å². The van der Waals surface area contributed by atoms with E-state index in [0.29, 0.717) is 13.2 Å². The minimum atomic E-state index is 0.690. The second kappa shape index (κ2) is 11.6. The van der Waals surface area contributed by atoms with E-state index in [1.54, 1.807) is 0 Å². The lowest BCUT2D eigenvalue weighted by Crippen LogP contribution is -2.24. The lowest BCUT2D eigenvalue weighted by Gasteiger charge is -2.12. The van der Waals surface area contributed by atoms with Gasteiger partial charge in [-0.25, -0.2) is 0 Å². The first-order valence-electron chi connectivity index (χ1n) is 8.60. The summed E-state index contributed by atoms with van der Waals surface area (Å²) in [5, 5.41) is 6.89. The smallest absolute Gasteiger partial charge is 0.0701 e. The lowest BCUT2D eigenvalue weighted by molar-refractivity contribution is 0.0500. The normalized spacial score (nSPS) is 20.5. The molecule has 0 saturated carbocycles. The largest absolute Gasteiger partial charge is 0.378 e. The van der Waals surface area contributed by atoms with E-state index in [1.165, 1.54) is 24.0 Å². The maximum atomic E-state index is 5.53. The Bertz CT molecular complexity index is 361. The Morgan fingerprint density at radius 1 is 0.636 bits per heavy atom. The molecule has 0 fully saturated rings. The van der Waals surface area contributed by atoms with Gasteiger partial charge in [-0.2, -0.15) is 0 Å². The molecule has 0 spiro atoms. The van der Waals surface area contributed by atoms with Crippen molar-refractivity contribution in [1.29, 1.82) is 0 Å². The first kappa shape index (κ1) is 17.4. The fraction of sp³-hybridized carbons (Fsp3) is 0.667. The van der Waals surface area contributed by atoms with Crippen LogP contribution in [0.3, 0.4) is 0 Å². The van der Waals surface area contributed by atoms with Crippen LogP contribution in [0.25, 0.3) is 0 Å². The number of benzene rings is 1. The molecule has 0 unspecified atom stereocenters. The van der Waals surface area contributed by atoms with Crippen molar-refractivity contribution in [2.75, 3.05) is 52.6 Å². The quantitative estimate of drug-likeness (QED) is 0.767. The van der Waals surface area contributed by atoms with Crippen molar-refractivity contribution in [3.63, 3.8) is 0 Å². The summed E-state index contributed by atoms with van der Waals surface area (Å²) in [5.41, 5.74) is 3.01. The molecule has 22 heavy (non-hydrogen) atoms. The highest BCUT2D eigenvalue weighted by Gasteiger charge is 2.02. The SMILES string of the molecule is c1ccc2c(c1)CCCNCCOCCOCCNCCC2. The molecule has 0 bridgehead atoms. The minimum absolute atomic E-state index is 0.690. The van der Waals surface area contributed by atoms with Crippen molar-refractivity contribution >= 4 is 0 Å². The van der Waals surface area contributed by atoms with Crippen molar-refractivity contribution in [1.82, 2.24) is 10.6 Å². The average molecular weight is 306 g/mol. The Morgan fingerprint density at radius 3 is 1.64 bits per heavy atom. The van der Waals surface area contributed by atoms with E-state index >= 15 is 0 Å². The van der Waals surface area contributed by atoms with E-state index in [0.717, 1.165) is 52.2 Å². The lowest BCUT2D eigenvalue weighted by atomic mass is 9.99. The predicted octanol–water partition coefficient (Wildman–Crippen LogP) is 1.78. The fourth-order valence-electron chi connectivity index (χ4n) is 2.71. The number of aryl methyl sites for hydroxylation is 2. The van der Waals surface area contributed by atoms with Gasteiger partial charge in [0.25, 0.3) is 0 Å². The highest BCUT2D eigenvalue weighted by molar-refractivity contribution is 5.27. The van der Waals surface area contributed by atoms with Gasteiger partial charge in [-0.1, -0.05) is 24.3 Å². The maximum absolute atomic E-state index is 5.53. The molecule has 1 aliphatic rings. The predicted molar refractivity (Wildman–Crippen MR) is 90.5 cm³/mol. The Balaban J connectivity index is 1.79. The van der Waals surface area contributed by atoms with Crippen LogP contribution in [0.15, 0.2) is 24.3 Å². The molecule has 0 atom stereocenters. The van der Waals surface area contributed by atoms with Crippen LogP contribution in [0.5, 0.6) is 0 Å². The molecule has 0 saturated heterocycles. The molecule has 124 valence electrons. The summed E-state index contributed by atoms with van der Waals surface area (Å²) in [7, 11) is 0. The first-order chi connectivity index (χ1) is 11.0. The monoisotopic (exact) mass is 306 g/mol. The molecular formula is C18H30N2O2. The molecule has 0 amide bonds. The van der Waals surface area contributed by atoms with Crippen LogP contribution in [-0.2, 0) is 22.3 Å². The van der Waals surface area contributed by atoms with Gasteiger partial charge in [0.2, 0.25) is 0 Å². The van der Waals surface area contributed by atoms with Gasteiger partial charge in [-0.05, 0) is 49.9 Å². The number of fused-ring (bicyclic) bond motifs is 1. The molecule has 4 nitrogen and oxygen atoms in total. The van der Waals surface area contributed by atoms with Crippen LogP contribution in [0.4, 0.5) is 0 Å². The van der Waals surface area contributed by atoms with Gasteiger partial charge in [-0.15, -0.1) is 0 Å².